The lowest BCUT2D eigenvalue weighted by Gasteiger charge is -2.33. The van der Waals surface area contributed by atoms with Crippen molar-refractivity contribution in [2.45, 2.75) is 25.4 Å². The molecule has 4 rings (SSSR count). The summed E-state index contributed by atoms with van der Waals surface area (Å²) in [6.07, 6.45) is 9.15. The highest BCUT2D eigenvalue weighted by atomic mass is 16.1. The molecule has 0 atom stereocenters. The van der Waals surface area contributed by atoms with Gasteiger partial charge in [0.15, 0.2) is 5.82 Å². The van der Waals surface area contributed by atoms with Gasteiger partial charge in [0.2, 0.25) is 0 Å². The van der Waals surface area contributed by atoms with Crippen molar-refractivity contribution < 1.29 is 0 Å². The normalized spacial score (nSPS) is 15.5. The van der Waals surface area contributed by atoms with Gasteiger partial charge >= 0.3 is 0 Å². The number of hydrogen-bond donors (Lipinski definition) is 1. The summed E-state index contributed by atoms with van der Waals surface area (Å²) in [5.41, 5.74) is 1.27. The van der Waals surface area contributed by atoms with Crippen LogP contribution in [0.25, 0.3) is 10.8 Å². The van der Waals surface area contributed by atoms with Crippen LogP contribution in [-0.4, -0.2) is 33.7 Å². The topological polar surface area (TPSA) is 63.1 Å². The van der Waals surface area contributed by atoms with Gasteiger partial charge in [-0.3, -0.25) is 9.78 Å². The van der Waals surface area contributed by atoms with E-state index in [-0.39, 0.29) is 5.56 Å². The van der Waals surface area contributed by atoms with Gasteiger partial charge < -0.3 is 14.8 Å². The number of aryl methyl sites for hydroxylation is 1. The first-order chi connectivity index (χ1) is 12.7. The van der Waals surface area contributed by atoms with Gasteiger partial charge in [0.25, 0.3) is 5.56 Å². The van der Waals surface area contributed by atoms with Crippen molar-refractivity contribution in [3.8, 4) is 0 Å². The van der Waals surface area contributed by atoms with E-state index in [0.29, 0.717) is 11.9 Å². The van der Waals surface area contributed by atoms with Crippen molar-refractivity contribution in [1.29, 1.82) is 0 Å². The molecule has 0 amide bonds. The number of hydrogen-bond acceptors (Lipinski definition) is 5. The smallest absolute Gasteiger partial charge is 0.293 e. The molecule has 2 aromatic heterocycles. The second kappa shape index (κ2) is 7.25. The summed E-state index contributed by atoms with van der Waals surface area (Å²) in [4.78, 5) is 22.8. The minimum absolute atomic E-state index is 0.0247. The van der Waals surface area contributed by atoms with Crippen LogP contribution >= 0.6 is 0 Å². The van der Waals surface area contributed by atoms with E-state index in [9.17, 15) is 4.79 Å². The van der Waals surface area contributed by atoms with Crippen molar-refractivity contribution in [2.24, 2.45) is 7.05 Å². The number of piperidine rings is 1. The Bertz CT molecular complexity index is 954. The fourth-order valence-corrected chi connectivity index (χ4v) is 3.59. The Kier molecular flexibility index (Phi) is 4.67. The van der Waals surface area contributed by atoms with Crippen molar-refractivity contribution in [3.63, 3.8) is 0 Å². The molecule has 0 aliphatic carbocycles. The van der Waals surface area contributed by atoms with E-state index in [0.717, 1.165) is 32.5 Å². The Hall–Kier alpha value is -2.73. The van der Waals surface area contributed by atoms with Crippen LogP contribution in [0.1, 0.15) is 18.4 Å². The number of nitrogens with one attached hydrogen (secondary N) is 1. The summed E-state index contributed by atoms with van der Waals surface area (Å²) in [5.74, 6) is 0.565. The SMILES string of the molecule is Cn1ccnc(N2CCC(NCc3cccc4cnccc34)CC2)c1=O. The van der Waals surface area contributed by atoms with Crippen molar-refractivity contribution >= 4 is 16.6 Å². The lowest BCUT2D eigenvalue weighted by Crippen LogP contribution is -2.44. The number of pyridine rings is 1. The molecule has 1 fully saturated rings. The van der Waals surface area contributed by atoms with E-state index in [4.69, 9.17) is 0 Å². The predicted molar refractivity (Wildman–Crippen MR) is 103 cm³/mol. The summed E-state index contributed by atoms with van der Waals surface area (Å²) in [6, 6.07) is 8.88. The predicted octanol–water partition coefficient (Wildman–Crippen LogP) is 2.09. The fourth-order valence-electron chi connectivity index (χ4n) is 3.59. The molecule has 3 heterocycles. The van der Waals surface area contributed by atoms with Crippen LogP contribution in [-0.2, 0) is 13.6 Å². The van der Waals surface area contributed by atoms with Crippen molar-refractivity contribution in [2.75, 3.05) is 18.0 Å². The molecule has 0 radical (unpaired) electrons. The largest absolute Gasteiger partial charge is 0.352 e. The molecular weight excluding hydrogens is 326 g/mol. The van der Waals surface area contributed by atoms with E-state index in [1.165, 1.54) is 16.3 Å². The van der Waals surface area contributed by atoms with Crippen LogP contribution in [0.3, 0.4) is 0 Å². The molecule has 1 aliphatic rings. The van der Waals surface area contributed by atoms with E-state index in [1.807, 2.05) is 12.4 Å². The summed E-state index contributed by atoms with van der Waals surface area (Å²) in [7, 11) is 1.77. The van der Waals surface area contributed by atoms with Crippen LogP contribution < -0.4 is 15.8 Å². The van der Waals surface area contributed by atoms with Gasteiger partial charge in [0.05, 0.1) is 0 Å². The van der Waals surface area contributed by atoms with Crippen molar-refractivity contribution in [1.82, 2.24) is 19.9 Å². The van der Waals surface area contributed by atoms with Gasteiger partial charge in [0.1, 0.15) is 0 Å². The highest BCUT2D eigenvalue weighted by Gasteiger charge is 2.22. The molecule has 1 N–H and O–H groups in total. The lowest BCUT2D eigenvalue weighted by molar-refractivity contribution is 0.412. The standard InChI is InChI=1S/C20H23N5O/c1-24-12-9-22-19(20(24)26)25-10-6-17(7-11-25)23-14-16-4-2-3-15-13-21-8-5-18(15)16/h2-5,8-9,12-13,17,23H,6-7,10-11,14H2,1H3. The summed E-state index contributed by atoms with van der Waals surface area (Å²) < 4.78 is 1.59. The third-order valence-corrected chi connectivity index (χ3v) is 5.15. The molecule has 0 unspecified atom stereocenters. The number of anilines is 1. The molecule has 1 aromatic carbocycles. The van der Waals surface area contributed by atoms with Gasteiger partial charge in [-0.05, 0) is 29.9 Å². The fraction of sp³-hybridized carbons (Fsp3) is 0.350. The molecule has 134 valence electrons. The quantitative estimate of drug-likeness (QED) is 0.781. The van der Waals surface area contributed by atoms with E-state index < -0.39 is 0 Å². The van der Waals surface area contributed by atoms with Gasteiger partial charge in [-0.2, -0.15) is 0 Å². The number of rotatable bonds is 4. The molecule has 0 bridgehead atoms. The van der Waals surface area contributed by atoms with E-state index in [2.05, 4.69) is 44.5 Å². The number of aromatic nitrogens is 3. The Morgan fingerprint density at radius 2 is 2.04 bits per heavy atom. The maximum atomic E-state index is 12.2. The molecule has 1 aliphatic heterocycles. The Morgan fingerprint density at radius 1 is 1.19 bits per heavy atom. The summed E-state index contributed by atoms with van der Waals surface area (Å²) in [6.45, 7) is 2.55. The molecule has 6 nitrogen and oxygen atoms in total. The van der Waals surface area contributed by atoms with Crippen LogP contribution in [0.2, 0.25) is 0 Å². The third-order valence-electron chi connectivity index (χ3n) is 5.15. The molecule has 1 saturated heterocycles. The zero-order chi connectivity index (χ0) is 17.9. The number of fused-ring (bicyclic) bond motifs is 1. The van der Waals surface area contributed by atoms with Crippen LogP contribution in [0.15, 0.2) is 53.8 Å². The maximum absolute atomic E-state index is 12.2. The Morgan fingerprint density at radius 3 is 2.88 bits per heavy atom. The molecule has 26 heavy (non-hydrogen) atoms. The highest BCUT2D eigenvalue weighted by molar-refractivity contribution is 5.84. The zero-order valence-electron chi connectivity index (χ0n) is 14.9. The summed E-state index contributed by atoms with van der Waals surface area (Å²) in [5, 5.41) is 6.11. The first-order valence-corrected chi connectivity index (χ1v) is 9.04. The number of benzene rings is 1. The minimum Gasteiger partial charge on any atom is -0.352 e. The third kappa shape index (κ3) is 3.32. The average Bonchev–Trinajstić information content (AvgIpc) is 2.69. The Balaban J connectivity index is 1.38. The average molecular weight is 349 g/mol. The van der Waals surface area contributed by atoms with Crippen LogP contribution in [0.5, 0.6) is 0 Å². The van der Waals surface area contributed by atoms with Gasteiger partial charge in [-0.25, -0.2) is 4.98 Å². The van der Waals surface area contributed by atoms with Crippen LogP contribution in [0, 0.1) is 0 Å². The Labute approximate surface area is 152 Å². The molecule has 3 aromatic rings. The second-order valence-electron chi connectivity index (χ2n) is 6.82. The first-order valence-electron chi connectivity index (χ1n) is 9.04. The monoisotopic (exact) mass is 349 g/mol. The molecule has 0 saturated carbocycles. The zero-order valence-corrected chi connectivity index (χ0v) is 14.9. The van der Waals surface area contributed by atoms with Gasteiger partial charge in [-0.15, -0.1) is 0 Å². The molecule has 6 heteroatoms. The lowest BCUT2D eigenvalue weighted by atomic mass is 10.0. The van der Waals surface area contributed by atoms with Crippen molar-refractivity contribution in [3.05, 3.63) is 65.0 Å². The minimum atomic E-state index is -0.0247. The van der Waals surface area contributed by atoms with E-state index >= 15 is 0 Å². The first kappa shape index (κ1) is 16.7. The van der Waals surface area contributed by atoms with Gasteiger partial charge in [-0.1, -0.05) is 18.2 Å². The van der Waals surface area contributed by atoms with Gasteiger partial charge in [0, 0.05) is 62.9 Å². The highest BCUT2D eigenvalue weighted by Crippen LogP contribution is 2.19. The summed E-state index contributed by atoms with van der Waals surface area (Å²) >= 11 is 0. The maximum Gasteiger partial charge on any atom is 0.293 e. The number of nitrogens with zero attached hydrogens (tertiary/aromatic N) is 4. The molecule has 0 spiro atoms. The second-order valence-corrected chi connectivity index (χ2v) is 6.82. The van der Waals surface area contributed by atoms with E-state index in [1.54, 1.807) is 24.0 Å². The molecular formula is C20H23N5O. The van der Waals surface area contributed by atoms with Crippen LogP contribution in [0.4, 0.5) is 5.82 Å².